The van der Waals surface area contributed by atoms with Gasteiger partial charge >= 0.3 is 5.97 Å². The van der Waals surface area contributed by atoms with E-state index in [-0.39, 0.29) is 12.6 Å². The lowest BCUT2D eigenvalue weighted by molar-refractivity contribution is -0.140. The van der Waals surface area contributed by atoms with E-state index in [1.807, 2.05) is 18.2 Å². The van der Waals surface area contributed by atoms with Crippen LogP contribution in [0.4, 0.5) is 0 Å². The minimum Gasteiger partial charge on any atom is -0.469 e. The Morgan fingerprint density at radius 3 is 2.41 bits per heavy atom. The number of hydrogen-bond donors (Lipinski definition) is 1. The van der Waals surface area contributed by atoms with Crippen LogP contribution < -0.4 is 0 Å². The summed E-state index contributed by atoms with van der Waals surface area (Å²) in [5.74, 6) is -0.229. The molecule has 0 heterocycles. The van der Waals surface area contributed by atoms with Crippen LogP contribution in [-0.2, 0) is 33.9 Å². The largest absolute Gasteiger partial charge is 0.469 e. The van der Waals surface area contributed by atoms with Gasteiger partial charge in [-0.05, 0) is 23.1 Å². The summed E-state index contributed by atoms with van der Waals surface area (Å²) in [6.45, 7) is 0.488. The lowest BCUT2D eigenvalue weighted by Crippen LogP contribution is -2.03. The number of carbonyl (C=O) groups is 1. The highest BCUT2D eigenvalue weighted by Gasteiger charge is 2.04. The first-order valence-corrected chi connectivity index (χ1v) is 5.48. The summed E-state index contributed by atoms with van der Waals surface area (Å²) >= 11 is 0. The molecule has 0 bridgehead atoms. The van der Waals surface area contributed by atoms with E-state index < -0.39 is 0 Å². The van der Waals surface area contributed by atoms with Crippen molar-refractivity contribution in [2.45, 2.75) is 26.1 Å². The Bertz CT molecular complexity index is 374. The summed E-state index contributed by atoms with van der Waals surface area (Å²) in [7, 11) is 3.00. The zero-order valence-corrected chi connectivity index (χ0v) is 10.2. The van der Waals surface area contributed by atoms with Gasteiger partial charge in [0.1, 0.15) is 0 Å². The summed E-state index contributed by atoms with van der Waals surface area (Å²) in [6, 6.07) is 5.76. The predicted molar refractivity (Wildman–Crippen MR) is 63.4 cm³/mol. The molecule has 0 aromatic heterocycles. The molecule has 0 radical (unpaired) electrons. The highest BCUT2D eigenvalue weighted by molar-refractivity contribution is 5.69. The molecule has 0 atom stereocenters. The summed E-state index contributed by atoms with van der Waals surface area (Å²) in [4.78, 5) is 11.1. The van der Waals surface area contributed by atoms with Crippen molar-refractivity contribution >= 4 is 5.97 Å². The fraction of sp³-hybridized carbons (Fsp3) is 0.462. The molecular formula is C13H18O4. The number of esters is 1. The third-order valence-electron chi connectivity index (χ3n) is 2.45. The summed E-state index contributed by atoms with van der Waals surface area (Å²) < 4.78 is 9.65. The number of aliphatic hydroxyl groups excluding tert-OH is 1. The third kappa shape index (κ3) is 4.54. The minimum absolute atomic E-state index is 0.0111. The molecule has 0 fully saturated rings. The van der Waals surface area contributed by atoms with Crippen molar-refractivity contribution in [2.75, 3.05) is 14.2 Å². The maximum Gasteiger partial charge on any atom is 0.305 e. The molecule has 1 aromatic rings. The van der Waals surface area contributed by atoms with Gasteiger partial charge in [-0.15, -0.1) is 0 Å². The molecule has 4 heteroatoms. The number of benzene rings is 1. The highest BCUT2D eigenvalue weighted by Crippen LogP contribution is 2.13. The number of hydrogen-bond acceptors (Lipinski definition) is 4. The van der Waals surface area contributed by atoms with Crippen LogP contribution >= 0.6 is 0 Å². The standard InChI is InChI=1S/C13H18O4/c1-16-9-12-6-10(3-4-13(15)17-2)5-11(7-12)8-14/h5-7,14H,3-4,8-9H2,1-2H3. The van der Waals surface area contributed by atoms with E-state index in [9.17, 15) is 4.79 Å². The van der Waals surface area contributed by atoms with Gasteiger partial charge < -0.3 is 14.6 Å². The maximum atomic E-state index is 11.1. The molecular weight excluding hydrogens is 220 g/mol. The Balaban J connectivity index is 2.75. The van der Waals surface area contributed by atoms with Gasteiger partial charge in [0.15, 0.2) is 0 Å². The molecule has 1 rings (SSSR count). The molecule has 0 saturated heterocycles. The first-order chi connectivity index (χ1) is 8.19. The van der Waals surface area contributed by atoms with Gasteiger partial charge in [0, 0.05) is 13.5 Å². The van der Waals surface area contributed by atoms with Gasteiger partial charge in [0.2, 0.25) is 0 Å². The van der Waals surface area contributed by atoms with Crippen molar-refractivity contribution in [2.24, 2.45) is 0 Å². The molecule has 94 valence electrons. The summed E-state index contributed by atoms with van der Waals surface area (Å²) in [5, 5.41) is 9.15. The summed E-state index contributed by atoms with van der Waals surface area (Å²) in [5.41, 5.74) is 2.84. The molecule has 17 heavy (non-hydrogen) atoms. The highest BCUT2D eigenvalue weighted by atomic mass is 16.5. The maximum absolute atomic E-state index is 11.1. The van der Waals surface area contributed by atoms with Crippen LogP contribution in [0, 0.1) is 0 Å². The van der Waals surface area contributed by atoms with E-state index in [1.165, 1.54) is 7.11 Å². The molecule has 1 aromatic carbocycles. The monoisotopic (exact) mass is 238 g/mol. The van der Waals surface area contributed by atoms with Crippen molar-refractivity contribution in [3.8, 4) is 0 Å². The SMILES string of the molecule is COCc1cc(CO)cc(CCC(=O)OC)c1. The Hall–Kier alpha value is -1.39. The quantitative estimate of drug-likeness (QED) is 0.762. The average molecular weight is 238 g/mol. The van der Waals surface area contributed by atoms with Gasteiger partial charge in [0.25, 0.3) is 0 Å². The van der Waals surface area contributed by atoms with Crippen molar-refractivity contribution < 1.29 is 19.4 Å². The molecule has 4 nitrogen and oxygen atoms in total. The lowest BCUT2D eigenvalue weighted by atomic mass is 10.0. The Morgan fingerprint density at radius 2 is 1.82 bits per heavy atom. The average Bonchev–Trinajstić information content (AvgIpc) is 2.36. The Labute approximate surface area is 101 Å². The van der Waals surface area contributed by atoms with Crippen molar-refractivity contribution in [3.63, 3.8) is 0 Å². The molecule has 1 N–H and O–H groups in total. The normalized spacial score (nSPS) is 10.3. The van der Waals surface area contributed by atoms with Crippen molar-refractivity contribution in [1.82, 2.24) is 0 Å². The van der Waals surface area contributed by atoms with E-state index in [0.29, 0.717) is 19.4 Å². The first-order valence-electron chi connectivity index (χ1n) is 5.48. The van der Waals surface area contributed by atoms with Gasteiger partial charge in [-0.2, -0.15) is 0 Å². The summed E-state index contributed by atoms with van der Waals surface area (Å²) in [6.07, 6.45) is 0.953. The number of rotatable bonds is 6. The topological polar surface area (TPSA) is 55.8 Å². The van der Waals surface area contributed by atoms with E-state index in [0.717, 1.165) is 16.7 Å². The second-order valence-corrected chi connectivity index (χ2v) is 3.83. The molecule has 0 aliphatic heterocycles. The van der Waals surface area contributed by atoms with E-state index in [2.05, 4.69) is 4.74 Å². The smallest absolute Gasteiger partial charge is 0.305 e. The molecule has 0 saturated carbocycles. The second kappa shape index (κ2) is 7.04. The van der Waals surface area contributed by atoms with Gasteiger partial charge in [-0.1, -0.05) is 18.2 Å². The second-order valence-electron chi connectivity index (χ2n) is 3.83. The van der Waals surface area contributed by atoms with E-state index in [1.54, 1.807) is 7.11 Å². The van der Waals surface area contributed by atoms with Crippen LogP contribution in [-0.4, -0.2) is 25.3 Å². The van der Waals surface area contributed by atoms with Crippen LogP contribution in [0.1, 0.15) is 23.1 Å². The van der Waals surface area contributed by atoms with Gasteiger partial charge in [0.05, 0.1) is 20.3 Å². The minimum atomic E-state index is -0.229. The van der Waals surface area contributed by atoms with Crippen LogP contribution in [0.5, 0.6) is 0 Å². The van der Waals surface area contributed by atoms with Gasteiger partial charge in [-0.25, -0.2) is 0 Å². The zero-order chi connectivity index (χ0) is 12.7. The van der Waals surface area contributed by atoms with Crippen LogP contribution in [0.25, 0.3) is 0 Å². The van der Waals surface area contributed by atoms with Crippen LogP contribution in [0.2, 0.25) is 0 Å². The molecule has 0 spiro atoms. The molecule has 0 amide bonds. The van der Waals surface area contributed by atoms with E-state index in [4.69, 9.17) is 9.84 Å². The molecule has 0 aliphatic rings. The molecule has 0 unspecified atom stereocenters. The number of methoxy groups -OCH3 is 2. The van der Waals surface area contributed by atoms with E-state index >= 15 is 0 Å². The van der Waals surface area contributed by atoms with Crippen LogP contribution in [0.15, 0.2) is 18.2 Å². The Morgan fingerprint density at radius 1 is 1.18 bits per heavy atom. The first kappa shape index (κ1) is 13.7. The fourth-order valence-corrected chi connectivity index (χ4v) is 1.67. The Kier molecular flexibility index (Phi) is 5.66. The van der Waals surface area contributed by atoms with Crippen molar-refractivity contribution in [1.29, 1.82) is 0 Å². The number of ether oxygens (including phenoxy) is 2. The fourth-order valence-electron chi connectivity index (χ4n) is 1.67. The number of carbonyl (C=O) groups excluding carboxylic acids is 1. The van der Waals surface area contributed by atoms with Gasteiger partial charge in [-0.3, -0.25) is 4.79 Å². The lowest BCUT2D eigenvalue weighted by Gasteiger charge is -2.07. The third-order valence-corrected chi connectivity index (χ3v) is 2.45. The van der Waals surface area contributed by atoms with Crippen molar-refractivity contribution in [3.05, 3.63) is 34.9 Å². The number of aliphatic hydroxyl groups is 1. The zero-order valence-electron chi connectivity index (χ0n) is 10.2. The predicted octanol–water partition coefficient (Wildman–Crippen LogP) is 1.43. The molecule has 0 aliphatic carbocycles. The van der Waals surface area contributed by atoms with Crippen LogP contribution in [0.3, 0.4) is 0 Å². The number of aryl methyl sites for hydroxylation is 1.